The van der Waals surface area contributed by atoms with Crippen molar-refractivity contribution in [2.24, 2.45) is 0 Å². The van der Waals surface area contributed by atoms with E-state index >= 15 is 0 Å². The molecule has 0 bridgehead atoms. The zero-order valence-corrected chi connectivity index (χ0v) is 69.7. The molecule has 0 radical (unpaired) electrons. The fourth-order valence-electron chi connectivity index (χ4n) is 20.4. The fraction of sp³-hybridized carbons (Fsp3) is 0.0164. The molecular formula is C122H78N6. The molecule has 4 heterocycles. The van der Waals surface area contributed by atoms with E-state index in [0.717, 1.165) is 133 Å². The van der Waals surface area contributed by atoms with Crippen molar-refractivity contribution in [1.29, 1.82) is 0 Å². The summed E-state index contributed by atoms with van der Waals surface area (Å²) in [4.78, 5) is 31.3. The van der Waals surface area contributed by atoms with Gasteiger partial charge in [-0.15, -0.1) is 0 Å². The van der Waals surface area contributed by atoms with Crippen LogP contribution < -0.4 is 0 Å². The molecule has 0 aliphatic heterocycles. The predicted molar refractivity (Wildman–Crippen MR) is 528 cm³/mol. The third-order valence-corrected chi connectivity index (χ3v) is 26.3. The first-order chi connectivity index (χ1) is 63.4. The number of nitrogens with zero attached hydrogens (tertiary/aromatic N) is 6. The van der Waals surface area contributed by atoms with Gasteiger partial charge in [0.15, 0.2) is 11.6 Å². The molecule has 0 N–H and O–H groups in total. The lowest BCUT2D eigenvalue weighted by atomic mass is 9.67. The minimum atomic E-state index is -0.493. The number of rotatable bonds is 13. The van der Waals surface area contributed by atoms with Crippen LogP contribution in [0.4, 0.5) is 0 Å². The number of pyridine rings is 2. The number of aromatic nitrogens is 6. The van der Waals surface area contributed by atoms with Gasteiger partial charge in [-0.05, 0) is 172 Å². The molecule has 25 rings (SSSR count). The van der Waals surface area contributed by atoms with Gasteiger partial charge in [-0.2, -0.15) is 0 Å². The third kappa shape index (κ3) is 12.5. The second kappa shape index (κ2) is 31.2. The molecule has 2 aliphatic carbocycles. The molecule has 19 aromatic carbocycles. The number of hydrogen-bond acceptors (Lipinski definition) is 6. The summed E-state index contributed by atoms with van der Waals surface area (Å²) in [5.74, 6) is 1.41. The zero-order valence-electron chi connectivity index (χ0n) is 69.7. The molecule has 6 nitrogen and oxygen atoms in total. The van der Waals surface area contributed by atoms with Crippen molar-refractivity contribution in [2.75, 3.05) is 0 Å². The van der Waals surface area contributed by atoms with E-state index in [4.69, 9.17) is 29.9 Å². The second-order valence-corrected chi connectivity index (χ2v) is 33.3. The van der Waals surface area contributed by atoms with E-state index in [-0.39, 0.29) is 0 Å². The Kier molecular flexibility index (Phi) is 18.3. The van der Waals surface area contributed by atoms with Crippen LogP contribution in [0.5, 0.6) is 0 Å². The summed E-state index contributed by atoms with van der Waals surface area (Å²) in [6.45, 7) is 0. The molecule has 0 atom stereocenters. The van der Waals surface area contributed by atoms with E-state index in [1.165, 1.54) is 88.7 Å². The number of para-hydroxylation sites is 4. The van der Waals surface area contributed by atoms with Crippen LogP contribution in [-0.2, 0) is 10.8 Å². The van der Waals surface area contributed by atoms with Crippen LogP contribution in [0, 0.1) is 0 Å². The fourth-order valence-corrected chi connectivity index (χ4v) is 20.4. The van der Waals surface area contributed by atoms with E-state index in [1.54, 1.807) is 0 Å². The first-order valence-electron chi connectivity index (χ1n) is 43.8. The van der Waals surface area contributed by atoms with E-state index in [9.17, 15) is 0 Å². The molecule has 0 amide bonds. The minimum Gasteiger partial charge on any atom is -0.247 e. The Morgan fingerprint density at radius 3 is 0.789 bits per heavy atom. The van der Waals surface area contributed by atoms with E-state index in [2.05, 4.69) is 443 Å². The molecular weight excluding hydrogens is 1550 g/mol. The quantitative estimate of drug-likeness (QED) is 0.107. The molecule has 0 fully saturated rings. The molecule has 128 heavy (non-hydrogen) atoms. The number of benzene rings is 19. The monoisotopic (exact) mass is 1630 g/mol. The van der Waals surface area contributed by atoms with Crippen molar-refractivity contribution in [1.82, 2.24) is 29.9 Å². The lowest BCUT2D eigenvalue weighted by Crippen LogP contribution is -2.28. The van der Waals surface area contributed by atoms with Gasteiger partial charge in [0.25, 0.3) is 0 Å². The topological polar surface area (TPSA) is 77.3 Å². The van der Waals surface area contributed by atoms with Gasteiger partial charge in [-0.25, -0.2) is 29.9 Å². The molecule has 2 aliphatic rings. The Morgan fingerprint density at radius 2 is 0.398 bits per heavy atom. The van der Waals surface area contributed by atoms with Crippen LogP contribution in [-0.4, -0.2) is 29.9 Å². The maximum atomic E-state index is 5.46. The highest BCUT2D eigenvalue weighted by Gasteiger charge is 2.48. The van der Waals surface area contributed by atoms with Crippen molar-refractivity contribution < 1.29 is 0 Å². The molecule has 0 unspecified atom stereocenters. The summed E-state index contributed by atoms with van der Waals surface area (Å²) in [6.07, 6.45) is 0. The summed E-state index contributed by atoms with van der Waals surface area (Å²) < 4.78 is 0. The van der Waals surface area contributed by atoms with Gasteiger partial charge in [-0.3, -0.25) is 0 Å². The smallest absolute Gasteiger partial charge is 0.160 e. The maximum absolute atomic E-state index is 5.46. The van der Waals surface area contributed by atoms with E-state index in [0.29, 0.717) is 11.6 Å². The van der Waals surface area contributed by atoms with Gasteiger partial charge in [0.2, 0.25) is 0 Å². The van der Waals surface area contributed by atoms with Crippen LogP contribution in [0.3, 0.4) is 0 Å². The summed E-state index contributed by atoms with van der Waals surface area (Å²) in [5.41, 5.74) is 34.9. The van der Waals surface area contributed by atoms with Crippen LogP contribution >= 0.6 is 0 Å². The SMILES string of the molecule is c1ccc(-c2ccc(-c3nc(-c4ccc(-c5cccc(-c6nc7ccccc7c7cc8c(cc67)-c6ccccc6C8(c6ccccc6)c6ccccc6)c5)cc4)nc4ccccc34)cc2)cc1.c1ccc(-c2nc(-c3ccc(-c4cccc(-c5nc6ccccc6c6cc7c(cc56)-c5ccccc5C7(c5ccccc5)c5ccccc5)c4)cc3)nc3ccccc23)cc1. The lowest BCUT2D eigenvalue weighted by molar-refractivity contribution is 0.769. The molecule has 23 aromatic rings. The maximum Gasteiger partial charge on any atom is 0.160 e. The molecule has 6 heteroatoms. The Hall–Kier alpha value is -16.8. The standard InChI is InChI=1S/C64H41N3.C58H37N3/c1-4-17-42(18-5-1)43-31-35-45(36-32-43)61-53-27-12-15-30-60(53)66-63(67-61)46-37-33-44(34-38-46)47-19-16-20-48(39-47)62-56-40-55-51-25-10-13-28-57(51)64(49-21-6-2-7-22-49,50-23-8-3-9-24-50)58(55)41-54(56)52-26-11-14-29-59(52)65-62;1-4-17-39(18-5-1)55-47-27-12-15-30-54(47)60-57(61-55)40-33-31-38(32-34-40)41-19-16-20-42(35-41)56-50-36-49-45-25-10-13-28-51(45)58(43-21-6-2-7-22-43,44-23-8-3-9-24-44)52(49)37-48(50)46-26-11-14-29-53(46)59-56/h1-41H;1-37H. The average molecular weight is 1630 g/mol. The molecule has 0 saturated carbocycles. The van der Waals surface area contributed by atoms with Gasteiger partial charge in [0, 0.05) is 65.7 Å². The highest BCUT2D eigenvalue weighted by molar-refractivity contribution is 6.16. The summed E-state index contributed by atoms with van der Waals surface area (Å²) in [7, 11) is 0. The van der Waals surface area contributed by atoms with Crippen molar-refractivity contribution >= 4 is 65.2 Å². The zero-order chi connectivity index (χ0) is 84.6. The highest BCUT2D eigenvalue weighted by Crippen LogP contribution is 2.60. The van der Waals surface area contributed by atoms with Crippen molar-refractivity contribution in [2.45, 2.75) is 10.8 Å². The van der Waals surface area contributed by atoms with Crippen LogP contribution in [0.25, 0.3) is 189 Å². The third-order valence-electron chi connectivity index (χ3n) is 26.3. The highest BCUT2D eigenvalue weighted by atomic mass is 14.9. The second-order valence-electron chi connectivity index (χ2n) is 33.3. The summed E-state index contributed by atoms with van der Waals surface area (Å²) >= 11 is 0. The molecule has 596 valence electrons. The van der Waals surface area contributed by atoms with Crippen LogP contribution in [0.15, 0.2) is 473 Å². The average Bonchev–Trinajstić information content (AvgIpc) is 1.53. The normalized spacial score (nSPS) is 12.7. The predicted octanol–water partition coefficient (Wildman–Crippen LogP) is 30.4. The van der Waals surface area contributed by atoms with Crippen LogP contribution in [0.2, 0.25) is 0 Å². The van der Waals surface area contributed by atoms with Gasteiger partial charge in [0.05, 0.1) is 55.7 Å². The lowest BCUT2D eigenvalue weighted by Gasteiger charge is -2.34. The van der Waals surface area contributed by atoms with E-state index in [1.807, 2.05) is 30.3 Å². The molecule has 0 spiro atoms. The molecule has 4 aromatic heterocycles. The summed E-state index contributed by atoms with van der Waals surface area (Å²) in [6, 6.07) is 170. The van der Waals surface area contributed by atoms with Gasteiger partial charge >= 0.3 is 0 Å². The van der Waals surface area contributed by atoms with Gasteiger partial charge in [0.1, 0.15) is 0 Å². The van der Waals surface area contributed by atoms with Crippen LogP contribution in [0.1, 0.15) is 44.5 Å². The Balaban J connectivity index is 0.000000143. The number of fused-ring (bicyclic) bond motifs is 14. The Labute approximate surface area is 741 Å². The Bertz CT molecular complexity index is 8170. The first kappa shape index (κ1) is 75.0. The van der Waals surface area contributed by atoms with E-state index < -0.39 is 10.8 Å². The number of hydrogen-bond donors (Lipinski definition) is 0. The molecule has 0 saturated heterocycles. The first-order valence-corrected chi connectivity index (χ1v) is 43.8. The van der Waals surface area contributed by atoms with Crippen molar-refractivity contribution in [3.05, 3.63) is 518 Å². The van der Waals surface area contributed by atoms with Crippen molar-refractivity contribution in [3.63, 3.8) is 0 Å². The summed E-state index contributed by atoms with van der Waals surface area (Å²) in [5, 5.41) is 9.03. The van der Waals surface area contributed by atoms with Gasteiger partial charge in [-0.1, -0.05) is 413 Å². The van der Waals surface area contributed by atoms with Gasteiger partial charge < -0.3 is 0 Å². The largest absolute Gasteiger partial charge is 0.247 e. The minimum absolute atomic E-state index is 0.486. The Morgan fingerprint density at radius 1 is 0.133 bits per heavy atom. The van der Waals surface area contributed by atoms with Crippen molar-refractivity contribution in [3.8, 4) is 123 Å².